The van der Waals surface area contributed by atoms with Gasteiger partial charge in [-0.1, -0.05) is 6.92 Å². The molecule has 0 spiro atoms. The van der Waals surface area contributed by atoms with Crippen LogP contribution in [0.3, 0.4) is 0 Å². The Morgan fingerprint density at radius 1 is 1.10 bits per heavy atom. The third-order valence-electron chi connectivity index (χ3n) is 5.31. The van der Waals surface area contributed by atoms with Crippen LogP contribution >= 0.6 is 0 Å². The molecule has 0 heterocycles. The van der Waals surface area contributed by atoms with Crippen LogP contribution in [-0.2, 0) is 4.74 Å². The summed E-state index contributed by atoms with van der Waals surface area (Å²) in [5.74, 6) is 1.89. The lowest BCUT2D eigenvalue weighted by atomic mass is 9.87. The molecule has 0 bridgehead atoms. The van der Waals surface area contributed by atoms with E-state index in [1.54, 1.807) is 7.11 Å². The molecule has 2 rings (SSSR count). The molecule has 0 aromatic carbocycles. The van der Waals surface area contributed by atoms with E-state index in [9.17, 15) is 0 Å². The van der Waals surface area contributed by atoms with E-state index >= 15 is 0 Å². The average molecular weight is 282 g/mol. The van der Waals surface area contributed by atoms with E-state index in [1.807, 2.05) is 0 Å². The first-order valence-electron chi connectivity index (χ1n) is 8.67. The van der Waals surface area contributed by atoms with Gasteiger partial charge in [0, 0.05) is 38.8 Å². The fourth-order valence-corrected chi connectivity index (χ4v) is 3.48. The van der Waals surface area contributed by atoms with E-state index in [-0.39, 0.29) is 0 Å². The molecule has 3 nitrogen and oxygen atoms in total. The zero-order valence-electron chi connectivity index (χ0n) is 13.7. The number of hydrogen-bond donors (Lipinski definition) is 1. The highest BCUT2D eigenvalue weighted by atomic mass is 16.5. The highest BCUT2D eigenvalue weighted by Gasteiger charge is 2.31. The van der Waals surface area contributed by atoms with Crippen molar-refractivity contribution in [2.75, 3.05) is 33.4 Å². The lowest BCUT2D eigenvalue weighted by Crippen LogP contribution is -2.43. The molecule has 1 N–H and O–H groups in total. The van der Waals surface area contributed by atoms with E-state index in [1.165, 1.54) is 45.1 Å². The van der Waals surface area contributed by atoms with Crippen molar-refractivity contribution < 1.29 is 4.74 Å². The first kappa shape index (κ1) is 16.3. The predicted molar refractivity (Wildman–Crippen MR) is 85.1 cm³/mol. The van der Waals surface area contributed by atoms with Gasteiger partial charge < -0.3 is 10.1 Å². The summed E-state index contributed by atoms with van der Waals surface area (Å²) in [5.41, 5.74) is 0. The third kappa shape index (κ3) is 5.34. The van der Waals surface area contributed by atoms with Crippen LogP contribution in [-0.4, -0.2) is 50.3 Å². The van der Waals surface area contributed by atoms with Crippen LogP contribution in [0.5, 0.6) is 0 Å². The molecule has 0 aliphatic heterocycles. The summed E-state index contributed by atoms with van der Waals surface area (Å²) in [5, 5.41) is 3.78. The SMILES string of the molecule is COCCN(CCNC1CCC(C)CC1)C(C)C1CC1. The molecule has 1 unspecified atom stereocenters. The second kappa shape index (κ2) is 8.35. The first-order valence-corrected chi connectivity index (χ1v) is 8.67. The molecule has 118 valence electrons. The zero-order chi connectivity index (χ0) is 14.4. The molecule has 20 heavy (non-hydrogen) atoms. The quantitative estimate of drug-likeness (QED) is 0.704. The fraction of sp³-hybridized carbons (Fsp3) is 1.00. The van der Waals surface area contributed by atoms with Gasteiger partial charge in [-0.15, -0.1) is 0 Å². The van der Waals surface area contributed by atoms with Crippen LogP contribution in [0.25, 0.3) is 0 Å². The summed E-state index contributed by atoms with van der Waals surface area (Å²) in [6.07, 6.45) is 8.42. The lowest BCUT2D eigenvalue weighted by molar-refractivity contribution is 0.116. The van der Waals surface area contributed by atoms with Crippen molar-refractivity contribution in [3.8, 4) is 0 Å². The highest BCUT2D eigenvalue weighted by Crippen LogP contribution is 2.34. The molecule has 0 saturated heterocycles. The summed E-state index contributed by atoms with van der Waals surface area (Å²) in [6, 6.07) is 1.50. The standard InChI is InChI=1S/C17H34N2O/c1-14-4-8-17(9-5-14)18-10-11-19(12-13-20-3)15(2)16-6-7-16/h14-18H,4-13H2,1-3H3. The van der Waals surface area contributed by atoms with E-state index in [4.69, 9.17) is 4.74 Å². The maximum atomic E-state index is 5.27. The molecule has 2 aliphatic rings. The molecule has 0 aromatic heterocycles. The van der Waals surface area contributed by atoms with Crippen molar-refractivity contribution in [2.45, 2.75) is 64.5 Å². The van der Waals surface area contributed by atoms with E-state index in [0.717, 1.165) is 43.6 Å². The van der Waals surface area contributed by atoms with Gasteiger partial charge in [-0.05, 0) is 57.3 Å². The molecule has 2 fully saturated rings. The summed E-state index contributed by atoms with van der Waals surface area (Å²) < 4.78 is 5.27. The van der Waals surface area contributed by atoms with Crippen molar-refractivity contribution in [1.82, 2.24) is 10.2 Å². The van der Waals surface area contributed by atoms with Crippen LogP contribution in [0.2, 0.25) is 0 Å². The smallest absolute Gasteiger partial charge is 0.0589 e. The first-order chi connectivity index (χ1) is 9.70. The molecule has 0 aromatic rings. The van der Waals surface area contributed by atoms with Gasteiger partial charge in [0.05, 0.1) is 6.61 Å². The molecular formula is C17H34N2O. The molecule has 0 amide bonds. The summed E-state index contributed by atoms with van der Waals surface area (Å²) >= 11 is 0. The monoisotopic (exact) mass is 282 g/mol. The molecule has 3 heteroatoms. The van der Waals surface area contributed by atoms with Gasteiger partial charge in [-0.2, -0.15) is 0 Å². The van der Waals surface area contributed by atoms with Crippen LogP contribution in [0.1, 0.15) is 52.4 Å². The van der Waals surface area contributed by atoms with Crippen LogP contribution in [0.4, 0.5) is 0 Å². The minimum absolute atomic E-state index is 0.735. The van der Waals surface area contributed by atoms with Gasteiger partial charge >= 0.3 is 0 Å². The summed E-state index contributed by atoms with van der Waals surface area (Å²) in [4.78, 5) is 2.62. The number of nitrogens with one attached hydrogen (secondary N) is 1. The van der Waals surface area contributed by atoms with Crippen LogP contribution < -0.4 is 5.32 Å². The summed E-state index contributed by atoms with van der Waals surface area (Å²) in [6.45, 7) is 9.04. The Morgan fingerprint density at radius 3 is 2.40 bits per heavy atom. The fourth-order valence-electron chi connectivity index (χ4n) is 3.48. The van der Waals surface area contributed by atoms with Gasteiger partial charge in [-0.3, -0.25) is 4.90 Å². The zero-order valence-corrected chi connectivity index (χ0v) is 13.7. The Kier molecular flexibility index (Phi) is 6.79. The van der Waals surface area contributed by atoms with E-state index < -0.39 is 0 Å². The van der Waals surface area contributed by atoms with Crippen molar-refractivity contribution in [3.05, 3.63) is 0 Å². The minimum atomic E-state index is 0.735. The van der Waals surface area contributed by atoms with Crippen molar-refractivity contribution >= 4 is 0 Å². The average Bonchev–Trinajstić information content (AvgIpc) is 3.28. The number of nitrogens with zero attached hydrogens (tertiary/aromatic N) is 1. The van der Waals surface area contributed by atoms with Crippen molar-refractivity contribution in [1.29, 1.82) is 0 Å². The van der Waals surface area contributed by atoms with Crippen molar-refractivity contribution in [3.63, 3.8) is 0 Å². The Labute approximate surface area is 125 Å². The molecule has 2 aliphatic carbocycles. The lowest BCUT2D eigenvalue weighted by Gasteiger charge is -2.31. The van der Waals surface area contributed by atoms with E-state index in [2.05, 4.69) is 24.1 Å². The predicted octanol–water partition coefficient (Wildman–Crippen LogP) is 2.90. The number of ether oxygens (including phenoxy) is 1. The van der Waals surface area contributed by atoms with Crippen LogP contribution in [0, 0.1) is 11.8 Å². The third-order valence-corrected chi connectivity index (χ3v) is 5.31. The Hall–Kier alpha value is -0.120. The number of rotatable bonds is 9. The second-order valence-electron chi connectivity index (χ2n) is 7.02. The van der Waals surface area contributed by atoms with Gasteiger partial charge in [-0.25, -0.2) is 0 Å². The van der Waals surface area contributed by atoms with Gasteiger partial charge in [0.2, 0.25) is 0 Å². The Morgan fingerprint density at radius 2 is 1.80 bits per heavy atom. The number of methoxy groups -OCH3 is 1. The second-order valence-corrected chi connectivity index (χ2v) is 7.02. The highest BCUT2D eigenvalue weighted by molar-refractivity contribution is 4.86. The van der Waals surface area contributed by atoms with E-state index in [0.29, 0.717) is 0 Å². The maximum absolute atomic E-state index is 5.27. The minimum Gasteiger partial charge on any atom is -0.383 e. The van der Waals surface area contributed by atoms with Gasteiger partial charge in [0.15, 0.2) is 0 Å². The topological polar surface area (TPSA) is 24.5 Å². The van der Waals surface area contributed by atoms with Gasteiger partial charge in [0.1, 0.15) is 0 Å². The Balaban J connectivity index is 1.65. The normalized spacial score (nSPS) is 28.8. The summed E-state index contributed by atoms with van der Waals surface area (Å²) in [7, 11) is 1.81. The maximum Gasteiger partial charge on any atom is 0.0589 e. The Bertz CT molecular complexity index is 260. The molecule has 0 radical (unpaired) electrons. The van der Waals surface area contributed by atoms with Crippen molar-refractivity contribution in [2.24, 2.45) is 11.8 Å². The molecule has 1 atom stereocenters. The molecule has 2 saturated carbocycles. The van der Waals surface area contributed by atoms with Gasteiger partial charge in [0.25, 0.3) is 0 Å². The molecular weight excluding hydrogens is 248 g/mol. The number of hydrogen-bond acceptors (Lipinski definition) is 3. The largest absolute Gasteiger partial charge is 0.383 e. The van der Waals surface area contributed by atoms with Crippen LogP contribution in [0.15, 0.2) is 0 Å².